The van der Waals surface area contributed by atoms with Crippen molar-refractivity contribution >= 4 is 0 Å². The largest absolute Gasteiger partial charge is 0.314 e. The molecule has 0 bridgehead atoms. The molecule has 1 aliphatic heterocycles. The molecule has 0 aliphatic carbocycles. The Labute approximate surface area is 115 Å². The first-order valence-corrected chi connectivity index (χ1v) is 7.84. The average molecular weight is 257 g/mol. The lowest BCUT2D eigenvalue weighted by atomic mass is 10.1. The van der Waals surface area contributed by atoms with Crippen molar-refractivity contribution in [1.29, 1.82) is 0 Å². The summed E-state index contributed by atoms with van der Waals surface area (Å²) in [6.07, 6.45) is 2.60. The van der Waals surface area contributed by atoms with Crippen molar-refractivity contribution in [3.05, 3.63) is 0 Å². The second kappa shape index (κ2) is 11.9. The molecule has 110 valence electrons. The molecule has 3 heteroatoms. The molecule has 0 radical (unpaired) electrons. The molecule has 0 aromatic carbocycles. The molecule has 0 amide bonds. The van der Waals surface area contributed by atoms with E-state index in [2.05, 4.69) is 36.0 Å². The molecule has 18 heavy (non-hydrogen) atoms. The minimum atomic E-state index is 0.831. The molecule has 1 aliphatic rings. The fourth-order valence-corrected chi connectivity index (χ4v) is 2.36. The summed E-state index contributed by atoms with van der Waals surface area (Å²) in [6, 6.07) is 0. The number of hydrogen-bond donors (Lipinski definition) is 1. The van der Waals surface area contributed by atoms with E-state index in [9.17, 15) is 0 Å². The Kier molecular flexibility index (Phi) is 11.9. The summed E-state index contributed by atoms with van der Waals surface area (Å²) in [7, 11) is 2.24. The SMILES string of the molecule is CC.CCCN(C)CCC(C)CN1CCNCC1. The van der Waals surface area contributed by atoms with Crippen LogP contribution in [0.5, 0.6) is 0 Å². The van der Waals surface area contributed by atoms with Gasteiger partial charge in [0.1, 0.15) is 0 Å². The zero-order valence-corrected chi connectivity index (χ0v) is 13.3. The van der Waals surface area contributed by atoms with Crippen LogP contribution in [0.4, 0.5) is 0 Å². The summed E-state index contributed by atoms with van der Waals surface area (Å²) in [5.41, 5.74) is 0. The quantitative estimate of drug-likeness (QED) is 0.755. The summed E-state index contributed by atoms with van der Waals surface area (Å²) >= 11 is 0. The van der Waals surface area contributed by atoms with Crippen molar-refractivity contribution in [2.45, 2.75) is 40.5 Å². The van der Waals surface area contributed by atoms with Crippen LogP contribution in [0, 0.1) is 5.92 Å². The number of hydrogen-bond acceptors (Lipinski definition) is 3. The van der Waals surface area contributed by atoms with Gasteiger partial charge in [-0.05, 0) is 38.9 Å². The van der Waals surface area contributed by atoms with E-state index in [1.54, 1.807) is 0 Å². The Balaban J connectivity index is 0.00000137. The maximum Gasteiger partial charge on any atom is 0.0107 e. The van der Waals surface area contributed by atoms with Gasteiger partial charge in [0.25, 0.3) is 0 Å². The van der Waals surface area contributed by atoms with E-state index < -0.39 is 0 Å². The first kappa shape index (κ1) is 17.9. The van der Waals surface area contributed by atoms with Crippen LogP contribution in [-0.4, -0.2) is 62.7 Å². The van der Waals surface area contributed by atoms with Crippen LogP contribution in [0.3, 0.4) is 0 Å². The predicted octanol–water partition coefficient (Wildman–Crippen LogP) is 2.29. The molecule has 1 saturated heterocycles. The first-order chi connectivity index (χ1) is 8.72. The molecule has 3 nitrogen and oxygen atoms in total. The van der Waals surface area contributed by atoms with Crippen LogP contribution in [-0.2, 0) is 0 Å². The van der Waals surface area contributed by atoms with Gasteiger partial charge in [-0.25, -0.2) is 0 Å². The predicted molar refractivity (Wildman–Crippen MR) is 82.2 cm³/mol. The summed E-state index contributed by atoms with van der Waals surface area (Å²) in [5, 5.41) is 3.41. The van der Waals surface area contributed by atoms with Gasteiger partial charge in [-0.3, -0.25) is 0 Å². The molecule has 0 aromatic heterocycles. The van der Waals surface area contributed by atoms with E-state index in [4.69, 9.17) is 0 Å². The fraction of sp³-hybridized carbons (Fsp3) is 1.00. The Morgan fingerprint density at radius 2 is 1.78 bits per heavy atom. The van der Waals surface area contributed by atoms with Gasteiger partial charge >= 0.3 is 0 Å². The second-order valence-corrected chi connectivity index (χ2v) is 5.25. The van der Waals surface area contributed by atoms with E-state index in [-0.39, 0.29) is 0 Å². The minimum Gasteiger partial charge on any atom is -0.314 e. The number of piperazine rings is 1. The molecule has 1 unspecified atom stereocenters. The van der Waals surface area contributed by atoms with Crippen molar-refractivity contribution < 1.29 is 0 Å². The van der Waals surface area contributed by atoms with Crippen LogP contribution in [0.15, 0.2) is 0 Å². The van der Waals surface area contributed by atoms with E-state index in [1.165, 1.54) is 58.7 Å². The van der Waals surface area contributed by atoms with Gasteiger partial charge in [-0.1, -0.05) is 27.7 Å². The van der Waals surface area contributed by atoms with Crippen LogP contribution in [0.2, 0.25) is 0 Å². The van der Waals surface area contributed by atoms with Gasteiger partial charge in [0.15, 0.2) is 0 Å². The van der Waals surface area contributed by atoms with E-state index >= 15 is 0 Å². The smallest absolute Gasteiger partial charge is 0.0107 e. The Morgan fingerprint density at radius 3 is 2.33 bits per heavy atom. The third-order valence-corrected chi connectivity index (χ3v) is 3.39. The lowest BCUT2D eigenvalue weighted by Crippen LogP contribution is -2.45. The van der Waals surface area contributed by atoms with Crippen LogP contribution in [0.1, 0.15) is 40.5 Å². The summed E-state index contributed by atoms with van der Waals surface area (Å²) in [4.78, 5) is 5.05. The highest BCUT2D eigenvalue weighted by molar-refractivity contribution is 4.70. The zero-order valence-electron chi connectivity index (χ0n) is 13.3. The van der Waals surface area contributed by atoms with Crippen molar-refractivity contribution in [2.24, 2.45) is 5.92 Å². The van der Waals surface area contributed by atoms with Gasteiger partial charge in [0, 0.05) is 32.7 Å². The molecule has 1 atom stereocenters. The van der Waals surface area contributed by atoms with E-state index in [1.807, 2.05) is 13.8 Å². The standard InChI is InChI=1S/C13H29N3.C2H6/c1-4-8-15(3)9-5-13(2)12-16-10-6-14-7-11-16;1-2/h13-14H,4-12H2,1-3H3;1-2H3. The average Bonchev–Trinajstić information content (AvgIpc) is 2.40. The highest BCUT2D eigenvalue weighted by Crippen LogP contribution is 2.07. The van der Waals surface area contributed by atoms with Crippen LogP contribution in [0.25, 0.3) is 0 Å². The molecule has 1 fully saturated rings. The maximum absolute atomic E-state index is 3.41. The highest BCUT2D eigenvalue weighted by Gasteiger charge is 2.13. The Morgan fingerprint density at radius 1 is 1.17 bits per heavy atom. The summed E-state index contributed by atoms with van der Waals surface area (Å²) < 4.78 is 0. The lowest BCUT2D eigenvalue weighted by molar-refractivity contribution is 0.197. The minimum absolute atomic E-state index is 0.831. The zero-order chi connectivity index (χ0) is 13.8. The highest BCUT2D eigenvalue weighted by atomic mass is 15.2. The Hall–Kier alpha value is -0.120. The molecule has 0 aromatic rings. The number of nitrogens with one attached hydrogen (secondary N) is 1. The molecule has 1 rings (SSSR count). The molecular weight excluding hydrogens is 222 g/mol. The van der Waals surface area contributed by atoms with Gasteiger partial charge in [-0.15, -0.1) is 0 Å². The molecule has 0 spiro atoms. The van der Waals surface area contributed by atoms with Crippen LogP contribution >= 0.6 is 0 Å². The monoisotopic (exact) mass is 257 g/mol. The summed E-state index contributed by atoms with van der Waals surface area (Å²) in [5.74, 6) is 0.831. The van der Waals surface area contributed by atoms with Crippen molar-refractivity contribution in [3.8, 4) is 0 Å². The van der Waals surface area contributed by atoms with Gasteiger partial charge in [0.2, 0.25) is 0 Å². The van der Waals surface area contributed by atoms with E-state index in [0.29, 0.717) is 0 Å². The van der Waals surface area contributed by atoms with E-state index in [0.717, 1.165) is 5.92 Å². The molecular formula is C15H35N3. The Bertz CT molecular complexity index is 167. The topological polar surface area (TPSA) is 18.5 Å². The molecule has 0 saturated carbocycles. The van der Waals surface area contributed by atoms with Crippen LogP contribution < -0.4 is 5.32 Å². The third kappa shape index (κ3) is 8.90. The van der Waals surface area contributed by atoms with Crippen molar-refractivity contribution in [2.75, 3.05) is 52.9 Å². The second-order valence-electron chi connectivity index (χ2n) is 5.25. The lowest BCUT2D eigenvalue weighted by Gasteiger charge is -2.30. The maximum atomic E-state index is 3.41. The van der Waals surface area contributed by atoms with Crippen molar-refractivity contribution in [1.82, 2.24) is 15.1 Å². The first-order valence-electron chi connectivity index (χ1n) is 7.84. The number of rotatable bonds is 7. The van der Waals surface area contributed by atoms with Gasteiger partial charge in [0.05, 0.1) is 0 Å². The van der Waals surface area contributed by atoms with Gasteiger partial charge < -0.3 is 15.1 Å². The summed E-state index contributed by atoms with van der Waals surface area (Å²) in [6.45, 7) is 17.2. The molecule has 1 heterocycles. The van der Waals surface area contributed by atoms with Gasteiger partial charge in [-0.2, -0.15) is 0 Å². The normalized spacial score (nSPS) is 18.3. The fourth-order valence-electron chi connectivity index (χ4n) is 2.36. The van der Waals surface area contributed by atoms with Crippen molar-refractivity contribution in [3.63, 3.8) is 0 Å². The number of nitrogens with zero attached hydrogens (tertiary/aromatic N) is 2. The molecule has 1 N–H and O–H groups in total. The third-order valence-electron chi connectivity index (χ3n) is 3.39.